The van der Waals surface area contributed by atoms with Gasteiger partial charge in [0.25, 0.3) is 0 Å². The average molecular weight is 280 g/mol. The van der Waals surface area contributed by atoms with Gasteiger partial charge in [0.15, 0.2) is 0 Å². The molecule has 0 aliphatic carbocycles. The lowest BCUT2D eigenvalue weighted by Gasteiger charge is -1.71. The molecular formula is C5H12O5S4. The van der Waals surface area contributed by atoms with E-state index in [1.54, 1.807) is 0 Å². The number of carbonyl (C=O) groups is 2. The Morgan fingerprint density at radius 2 is 1.29 bits per heavy atom. The molecule has 0 fully saturated rings. The zero-order valence-electron chi connectivity index (χ0n) is 7.28. The summed E-state index contributed by atoms with van der Waals surface area (Å²) in [6, 6.07) is 0. The standard InChI is InChI=1S/2C2H4O2S.CH4OS2/c2*3-2(4)1-5;1-3-4-2/h2*5H,1H2,(H,3,4);2H,1H3. The number of hydrogen-bond donors (Lipinski definition) is 5. The first-order valence-corrected chi connectivity index (χ1v) is 6.73. The maximum Gasteiger partial charge on any atom is 0.313 e. The summed E-state index contributed by atoms with van der Waals surface area (Å²) in [6.45, 7) is 0. The normalized spacial score (nSPS) is 7.43. The van der Waals surface area contributed by atoms with Gasteiger partial charge >= 0.3 is 11.9 Å². The molecule has 0 aromatic rings. The van der Waals surface area contributed by atoms with Crippen molar-refractivity contribution in [2.45, 2.75) is 0 Å². The van der Waals surface area contributed by atoms with Gasteiger partial charge in [0, 0.05) is 0 Å². The molecule has 14 heavy (non-hydrogen) atoms. The molecule has 0 bridgehead atoms. The molecule has 0 spiro atoms. The van der Waals surface area contributed by atoms with Gasteiger partial charge < -0.3 is 14.8 Å². The minimum Gasteiger partial charge on any atom is -0.481 e. The summed E-state index contributed by atoms with van der Waals surface area (Å²) in [5, 5.41) is 15.3. The highest BCUT2D eigenvalue weighted by Gasteiger charge is 1.82. The van der Waals surface area contributed by atoms with Gasteiger partial charge in [0.1, 0.15) is 0 Å². The van der Waals surface area contributed by atoms with Gasteiger partial charge in [0.05, 0.1) is 22.6 Å². The second-order valence-electron chi connectivity index (χ2n) is 1.34. The van der Waals surface area contributed by atoms with Crippen LogP contribution in [0.1, 0.15) is 0 Å². The lowest BCUT2D eigenvalue weighted by Crippen LogP contribution is -1.92. The van der Waals surface area contributed by atoms with E-state index in [1.807, 2.05) is 6.26 Å². The van der Waals surface area contributed by atoms with E-state index in [9.17, 15) is 9.59 Å². The predicted molar refractivity (Wildman–Crippen MR) is 66.7 cm³/mol. The summed E-state index contributed by atoms with van der Waals surface area (Å²) >= 11 is 7.60. The van der Waals surface area contributed by atoms with Gasteiger partial charge in [-0.1, -0.05) is 10.8 Å². The number of rotatable bonds is 3. The number of hydrogen-bond acceptors (Lipinski definition) is 7. The Hall–Kier alpha value is 0.300. The van der Waals surface area contributed by atoms with Crippen LogP contribution in [0.2, 0.25) is 0 Å². The van der Waals surface area contributed by atoms with Gasteiger partial charge in [-0.3, -0.25) is 9.59 Å². The van der Waals surface area contributed by atoms with Crippen LogP contribution in [-0.2, 0) is 9.59 Å². The monoisotopic (exact) mass is 280 g/mol. The van der Waals surface area contributed by atoms with E-state index in [-0.39, 0.29) is 11.5 Å². The lowest BCUT2D eigenvalue weighted by atomic mass is 10.8. The van der Waals surface area contributed by atoms with Crippen LogP contribution in [-0.4, -0.2) is 44.5 Å². The summed E-state index contributed by atoms with van der Waals surface area (Å²) in [6.07, 6.45) is 1.81. The summed E-state index contributed by atoms with van der Waals surface area (Å²) in [4.78, 5) is 18.6. The summed E-state index contributed by atoms with van der Waals surface area (Å²) in [5.74, 6) is -1.93. The summed E-state index contributed by atoms with van der Waals surface area (Å²) in [5.41, 5.74) is 0. The highest BCUT2D eigenvalue weighted by atomic mass is 33.1. The van der Waals surface area contributed by atoms with Crippen molar-refractivity contribution in [3.63, 3.8) is 0 Å². The molecule has 0 heterocycles. The van der Waals surface area contributed by atoms with Crippen LogP contribution in [0, 0.1) is 0 Å². The topological polar surface area (TPSA) is 94.8 Å². The zero-order chi connectivity index (χ0) is 12.0. The SMILES string of the molecule is CSSO.O=C(O)CS.O=C(O)CS. The average Bonchev–Trinajstić information content (AvgIpc) is 2.19. The Balaban J connectivity index is -0.000000131. The number of thiol groups is 2. The maximum atomic E-state index is 9.29. The van der Waals surface area contributed by atoms with Crippen molar-refractivity contribution in [2.75, 3.05) is 17.8 Å². The van der Waals surface area contributed by atoms with E-state index in [0.717, 1.165) is 11.1 Å². The smallest absolute Gasteiger partial charge is 0.313 e. The molecule has 0 atom stereocenters. The molecule has 0 unspecified atom stereocenters. The predicted octanol–water partition coefficient (Wildman–Crippen LogP) is 1.47. The first kappa shape index (κ1) is 19.8. The third-order valence-corrected chi connectivity index (χ3v) is 1.48. The molecule has 3 N–H and O–H groups in total. The third kappa shape index (κ3) is 55.9. The van der Waals surface area contributed by atoms with Crippen LogP contribution in [0.15, 0.2) is 0 Å². The van der Waals surface area contributed by atoms with Crippen LogP contribution < -0.4 is 0 Å². The highest BCUT2D eigenvalue weighted by Crippen LogP contribution is 2.08. The minimum atomic E-state index is -0.881. The zero-order valence-corrected chi connectivity index (χ0v) is 10.7. The van der Waals surface area contributed by atoms with Gasteiger partial charge in [0.2, 0.25) is 0 Å². The first-order chi connectivity index (χ1) is 6.45. The molecule has 0 saturated carbocycles. The molecule has 5 nitrogen and oxygen atoms in total. The summed E-state index contributed by atoms with van der Waals surface area (Å²) < 4.78 is 7.75. The molecule has 0 aromatic heterocycles. The fourth-order valence-corrected chi connectivity index (χ4v) is 0. The van der Waals surface area contributed by atoms with E-state index in [1.165, 1.54) is 10.8 Å². The van der Waals surface area contributed by atoms with Crippen LogP contribution in [0.25, 0.3) is 0 Å². The Labute approximate surface area is 101 Å². The minimum absolute atomic E-state index is 0.0833. The largest absolute Gasteiger partial charge is 0.481 e. The van der Waals surface area contributed by atoms with Crippen molar-refractivity contribution >= 4 is 59.1 Å². The van der Waals surface area contributed by atoms with Crippen molar-refractivity contribution in [3.05, 3.63) is 0 Å². The molecular weight excluding hydrogens is 268 g/mol. The van der Waals surface area contributed by atoms with Gasteiger partial charge in [-0.25, -0.2) is 0 Å². The van der Waals surface area contributed by atoms with Crippen LogP contribution >= 0.6 is 47.1 Å². The van der Waals surface area contributed by atoms with Crippen LogP contribution in [0.5, 0.6) is 0 Å². The fourth-order valence-electron chi connectivity index (χ4n) is 0. The molecule has 0 saturated heterocycles. The lowest BCUT2D eigenvalue weighted by molar-refractivity contribution is -0.134. The van der Waals surface area contributed by atoms with Gasteiger partial charge in [-0.2, -0.15) is 25.3 Å². The van der Waals surface area contributed by atoms with Crippen molar-refractivity contribution in [1.29, 1.82) is 0 Å². The van der Waals surface area contributed by atoms with Crippen molar-refractivity contribution < 1.29 is 24.4 Å². The first-order valence-electron chi connectivity index (χ1n) is 2.95. The van der Waals surface area contributed by atoms with E-state index in [4.69, 9.17) is 14.8 Å². The van der Waals surface area contributed by atoms with Crippen molar-refractivity contribution in [2.24, 2.45) is 0 Å². The Morgan fingerprint density at radius 3 is 1.29 bits per heavy atom. The van der Waals surface area contributed by atoms with Crippen molar-refractivity contribution in [1.82, 2.24) is 0 Å². The number of aliphatic carboxylic acids is 2. The number of carboxylic acid groups (broad SMARTS) is 2. The van der Waals surface area contributed by atoms with E-state index >= 15 is 0 Å². The molecule has 0 aliphatic heterocycles. The van der Waals surface area contributed by atoms with Crippen LogP contribution in [0.4, 0.5) is 0 Å². The highest BCUT2D eigenvalue weighted by molar-refractivity contribution is 8.74. The fraction of sp³-hybridized carbons (Fsp3) is 0.600. The van der Waals surface area contributed by atoms with E-state index < -0.39 is 11.9 Å². The molecule has 86 valence electrons. The second kappa shape index (κ2) is 19.0. The molecule has 0 amide bonds. The van der Waals surface area contributed by atoms with Gasteiger partial charge in [-0.15, -0.1) is 0 Å². The Kier molecular flexibility index (Phi) is 26.8. The van der Waals surface area contributed by atoms with Crippen molar-refractivity contribution in [3.8, 4) is 0 Å². The third-order valence-electron chi connectivity index (χ3n) is 0.345. The van der Waals surface area contributed by atoms with Gasteiger partial charge in [-0.05, 0) is 6.26 Å². The quantitative estimate of drug-likeness (QED) is 0.303. The van der Waals surface area contributed by atoms with E-state index in [0.29, 0.717) is 0 Å². The Morgan fingerprint density at radius 1 is 1.14 bits per heavy atom. The Bertz CT molecular complexity index is 126. The summed E-state index contributed by atoms with van der Waals surface area (Å²) in [7, 11) is 1.33. The second-order valence-corrected chi connectivity index (χ2v) is 3.91. The maximum absolute atomic E-state index is 9.29. The molecule has 0 radical (unpaired) electrons. The molecule has 0 rings (SSSR count). The van der Waals surface area contributed by atoms with Crippen LogP contribution in [0.3, 0.4) is 0 Å². The number of carboxylic acids is 2. The molecule has 0 aromatic carbocycles. The molecule has 9 heteroatoms. The van der Waals surface area contributed by atoms with E-state index in [2.05, 4.69) is 25.3 Å². The molecule has 0 aliphatic rings.